The molecule has 1 aliphatic heterocycles. The third kappa shape index (κ3) is 3.80. The molecule has 0 radical (unpaired) electrons. The minimum atomic E-state index is 0.0182. The Bertz CT molecular complexity index is 398. The number of nitrogens with one attached hydrogen (secondary N) is 1. The van der Waals surface area contributed by atoms with E-state index in [4.69, 9.17) is 22.2 Å². The normalized spacial score (nSPS) is 21.5. The number of nitrogens with two attached hydrogens (primary N) is 1. The molecule has 2 unspecified atom stereocenters. The fraction of sp³-hybridized carbons (Fsp3) is 0.727. The highest BCUT2D eigenvalue weighted by Gasteiger charge is 2.29. The first-order valence-electron chi connectivity index (χ1n) is 6.13. The van der Waals surface area contributed by atoms with Crippen molar-refractivity contribution in [3.05, 3.63) is 16.9 Å². The van der Waals surface area contributed by atoms with Gasteiger partial charge in [-0.25, -0.2) is 0 Å². The quantitative estimate of drug-likeness (QED) is 0.612. The van der Waals surface area contributed by atoms with Crippen LogP contribution in [0.5, 0.6) is 0 Å². The summed E-state index contributed by atoms with van der Waals surface area (Å²) in [5.41, 5.74) is 3.87. The monoisotopic (exact) mass is 322 g/mol. The van der Waals surface area contributed by atoms with Crippen molar-refractivity contribution in [2.24, 2.45) is 5.84 Å². The first-order valence-corrected chi connectivity index (χ1v) is 8.71. The Balaban J connectivity index is 2.18. The highest BCUT2D eigenvalue weighted by molar-refractivity contribution is 8.06. The summed E-state index contributed by atoms with van der Waals surface area (Å²) in [6.07, 6.45) is 1.68. The summed E-state index contributed by atoms with van der Waals surface area (Å²) in [6.45, 7) is 1.29. The topological polar surface area (TPSA) is 65.1 Å². The number of halogens is 1. The van der Waals surface area contributed by atoms with Crippen molar-refractivity contribution in [3.8, 4) is 0 Å². The van der Waals surface area contributed by atoms with Crippen LogP contribution in [-0.2, 0) is 11.3 Å². The fourth-order valence-corrected chi connectivity index (χ4v) is 5.18. The number of rotatable bonds is 6. The molecule has 0 saturated carbocycles. The van der Waals surface area contributed by atoms with E-state index in [0.29, 0.717) is 23.4 Å². The van der Waals surface area contributed by atoms with Crippen LogP contribution in [0.4, 0.5) is 0 Å². The Kier molecular flexibility index (Phi) is 6.31. The van der Waals surface area contributed by atoms with Gasteiger partial charge in [-0.1, -0.05) is 11.6 Å². The van der Waals surface area contributed by atoms with Crippen molar-refractivity contribution in [1.29, 1.82) is 0 Å². The van der Waals surface area contributed by atoms with E-state index in [2.05, 4.69) is 10.5 Å². The molecule has 0 bridgehead atoms. The summed E-state index contributed by atoms with van der Waals surface area (Å²) in [4.78, 5) is 0. The van der Waals surface area contributed by atoms with E-state index < -0.39 is 0 Å². The molecular formula is C11H19ClN4OS2. The van der Waals surface area contributed by atoms with Gasteiger partial charge in [0.05, 0.1) is 36.1 Å². The van der Waals surface area contributed by atoms with Gasteiger partial charge >= 0.3 is 0 Å². The van der Waals surface area contributed by atoms with Gasteiger partial charge in [0.2, 0.25) is 0 Å². The maximum Gasteiger partial charge on any atom is 0.0835 e. The number of nitrogens with zero attached hydrogens (tertiary/aromatic N) is 2. The molecule has 5 nitrogen and oxygen atoms in total. The van der Waals surface area contributed by atoms with Crippen LogP contribution >= 0.6 is 35.1 Å². The summed E-state index contributed by atoms with van der Waals surface area (Å²) in [7, 11) is 1.68. The van der Waals surface area contributed by atoms with E-state index in [-0.39, 0.29) is 6.04 Å². The number of methoxy groups -OCH3 is 1. The van der Waals surface area contributed by atoms with Gasteiger partial charge in [-0.3, -0.25) is 16.0 Å². The lowest BCUT2D eigenvalue weighted by atomic mass is 10.1. The molecule has 2 atom stereocenters. The molecule has 19 heavy (non-hydrogen) atoms. The van der Waals surface area contributed by atoms with Gasteiger partial charge in [0, 0.05) is 29.6 Å². The summed E-state index contributed by atoms with van der Waals surface area (Å²) < 4.78 is 6.99. The zero-order valence-corrected chi connectivity index (χ0v) is 13.2. The summed E-state index contributed by atoms with van der Waals surface area (Å²) >= 11 is 10.2. The lowest BCUT2D eigenvalue weighted by molar-refractivity contribution is 0.181. The van der Waals surface area contributed by atoms with Crippen LogP contribution in [0.1, 0.15) is 11.7 Å². The van der Waals surface area contributed by atoms with Crippen molar-refractivity contribution in [2.45, 2.75) is 17.8 Å². The molecule has 1 saturated heterocycles. The molecule has 0 spiro atoms. The first-order chi connectivity index (χ1) is 9.27. The lowest BCUT2D eigenvalue weighted by Gasteiger charge is -2.29. The molecule has 3 N–H and O–H groups in total. The van der Waals surface area contributed by atoms with Crippen LogP contribution in [-0.4, -0.2) is 46.0 Å². The maximum absolute atomic E-state index is 6.28. The maximum atomic E-state index is 6.28. The van der Waals surface area contributed by atoms with Gasteiger partial charge in [-0.15, -0.1) is 0 Å². The van der Waals surface area contributed by atoms with Crippen molar-refractivity contribution < 1.29 is 4.74 Å². The Morgan fingerprint density at radius 3 is 3.16 bits per heavy atom. The third-order valence-electron chi connectivity index (χ3n) is 3.03. The van der Waals surface area contributed by atoms with Gasteiger partial charge in [-0.2, -0.15) is 28.6 Å². The average molecular weight is 323 g/mol. The Hall–Kier alpha value is 0.0800. The Labute approximate surface area is 126 Å². The lowest BCUT2D eigenvalue weighted by Crippen LogP contribution is -2.39. The highest BCUT2D eigenvalue weighted by Crippen LogP contribution is 2.35. The SMILES string of the molecule is COCCn1ncc(Cl)c1C(NN)C1CSCCS1. The van der Waals surface area contributed by atoms with Crippen molar-refractivity contribution in [2.75, 3.05) is 31.0 Å². The van der Waals surface area contributed by atoms with E-state index in [1.807, 2.05) is 28.2 Å². The number of aromatic nitrogens is 2. The second-order valence-electron chi connectivity index (χ2n) is 4.22. The fourth-order valence-electron chi connectivity index (χ4n) is 2.10. The predicted molar refractivity (Wildman–Crippen MR) is 82.7 cm³/mol. The van der Waals surface area contributed by atoms with Crippen LogP contribution in [0.3, 0.4) is 0 Å². The number of thioether (sulfide) groups is 2. The van der Waals surface area contributed by atoms with Gasteiger partial charge in [0.25, 0.3) is 0 Å². The predicted octanol–water partition coefficient (Wildman–Crippen LogP) is 1.54. The molecule has 1 aromatic rings. The van der Waals surface area contributed by atoms with E-state index in [1.54, 1.807) is 13.3 Å². The minimum Gasteiger partial charge on any atom is -0.383 e. The van der Waals surface area contributed by atoms with Crippen molar-refractivity contribution >= 4 is 35.1 Å². The zero-order valence-electron chi connectivity index (χ0n) is 10.8. The number of hydrogen-bond acceptors (Lipinski definition) is 6. The van der Waals surface area contributed by atoms with Crippen LogP contribution in [0.25, 0.3) is 0 Å². The van der Waals surface area contributed by atoms with Crippen LogP contribution in [0, 0.1) is 0 Å². The second kappa shape index (κ2) is 7.75. The van der Waals surface area contributed by atoms with Gasteiger partial charge in [0.1, 0.15) is 0 Å². The molecule has 8 heteroatoms. The second-order valence-corrected chi connectivity index (χ2v) is 7.13. The largest absolute Gasteiger partial charge is 0.383 e. The van der Waals surface area contributed by atoms with Crippen LogP contribution in [0.15, 0.2) is 6.20 Å². The molecule has 2 heterocycles. The van der Waals surface area contributed by atoms with E-state index in [0.717, 1.165) is 17.2 Å². The molecule has 1 aliphatic rings. The molecule has 0 aromatic carbocycles. The van der Waals surface area contributed by atoms with Gasteiger partial charge < -0.3 is 4.74 Å². The Morgan fingerprint density at radius 2 is 2.53 bits per heavy atom. The molecule has 2 rings (SSSR count). The smallest absolute Gasteiger partial charge is 0.0835 e. The van der Waals surface area contributed by atoms with Gasteiger partial charge in [-0.05, 0) is 0 Å². The zero-order chi connectivity index (χ0) is 13.7. The Morgan fingerprint density at radius 1 is 1.68 bits per heavy atom. The average Bonchev–Trinajstić information content (AvgIpc) is 2.80. The molecule has 1 aromatic heterocycles. The molecular weight excluding hydrogens is 304 g/mol. The highest BCUT2D eigenvalue weighted by atomic mass is 35.5. The van der Waals surface area contributed by atoms with E-state index in [1.165, 1.54) is 5.75 Å². The third-order valence-corrected chi connectivity index (χ3v) is 6.18. The number of ether oxygens (including phenoxy) is 1. The number of hydrazine groups is 1. The van der Waals surface area contributed by atoms with E-state index in [9.17, 15) is 0 Å². The summed E-state index contributed by atoms with van der Waals surface area (Å²) in [5, 5.41) is 5.39. The minimum absolute atomic E-state index is 0.0182. The van der Waals surface area contributed by atoms with E-state index >= 15 is 0 Å². The van der Waals surface area contributed by atoms with Crippen molar-refractivity contribution in [1.82, 2.24) is 15.2 Å². The van der Waals surface area contributed by atoms with Crippen LogP contribution in [0.2, 0.25) is 5.02 Å². The van der Waals surface area contributed by atoms with Gasteiger partial charge in [0.15, 0.2) is 0 Å². The van der Waals surface area contributed by atoms with Crippen LogP contribution < -0.4 is 11.3 Å². The van der Waals surface area contributed by atoms with Crippen molar-refractivity contribution in [3.63, 3.8) is 0 Å². The molecule has 0 amide bonds. The number of hydrogen-bond donors (Lipinski definition) is 2. The molecule has 1 fully saturated rings. The summed E-state index contributed by atoms with van der Waals surface area (Å²) in [6, 6.07) is 0.0182. The molecule has 0 aliphatic carbocycles. The molecule has 108 valence electrons. The first kappa shape index (κ1) is 15.5. The standard InChI is InChI=1S/C11H19ClN4OS2/c1-17-3-2-16-11(8(12)6-14-16)10(15-13)9-7-18-4-5-19-9/h6,9-10,15H,2-5,7,13H2,1H3. The summed E-state index contributed by atoms with van der Waals surface area (Å²) in [5.74, 6) is 9.19.